The number of aliphatic hydroxyl groups is 2. The van der Waals surface area contributed by atoms with Gasteiger partial charge in [-0.15, -0.1) is 0 Å². The number of piperazine rings is 1. The van der Waals surface area contributed by atoms with Crippen LogP contribution in [-0.4, -0.2) is 113 Å². The summed E-state index contributed by atoms with van der Waals surface area (Å²) in [6, 6.07) is 1.69. The zero-order chi connectivity index (χ0) is 43.0. The number of amides is 1. The second-order valence-corrected chi connectivity index (χ2v) is 15.8. The number of carbonyl (C=O) groups is 3. The van der Waals surface area contributed by atoms with E-state index in [0.717, 1.165) is 26.2 Å². The van der Waals surface area contributed by atoms with Gasteiger partial charge in [-0.2, -0.15) is 0 Å². The lowest BCUT2D eigenvalue weighted by molar-refractivity contribution is -0.159. The molecule has 0 saturated carbocycles. The Morgan fingerprint density at radius 1 is 1.02 bits per heavy atom. The summed E-state index contributed by atoms with van der Waals surface area (Å²) in [6.45, 7) is 16.7. The van der Waals surface area contributed by atoms with Crippen molar-refractivity contribution in [3.8, 4) is 17.2 Å². The SMILES string of the molecule is CCOc1c(C)c(O)c2c(O)c3c(CNN4CCN(C)CC4)cc2c1[C@H](O)O/C=C\[C@@H](OC)[C@@H](C)[C@@H](OC(C)=O)[C@@H](C)[C@H](O)[C@@H](C)C(=O)[C@H](C)/C=C/C[C@H](C)C(=O)N3. The van der Waals surface area contributed by atoms with E-state index in [1.807, 2.05) is 7.05 Å². The quantitative estimate of drug-likeness (QED) is 0.128. The number of esters is 1. The van der Waals surface area contributed by atoms with Crippen molar-refractivity contribution in [3.05, 3.63) is 47.2 Å². The number of hydrogen-bond donors (Lipinski definition) is 6. The maximum Gasteiger partial charge on any atom is 0.302 e. The summed E-state index contributed by atoms with van der Waals surface area (Å²) in [5.74, 6) is -5.07. The summed E-state index contributed by atoms with van der Waals surface area (Å²) in [5, 5.41) is 52.0. The summed E-state index contributed by atoms with van der Waals surface area (Å²) in [5.41, 5.74) is 4.33. The van der Waals surface area contributed by atoms with Crippen molar-refractivity contribution < 1.29 is 53.8 Å². The summed E-state index contributed by atoms with van der Waals surface area (Å²) in [4.78, 5) is 41.9. The van der Waals surface area contributed by atoms with Crippen LogP contribution in [0.25, 0.3) is 10.8 Å². The van der Waals surface area contributed by atoms with Gasteiger partial charge in [0.2, 0.25) is 12.2 Å². The number of nitrogens with one attached hydrogen (secondary N) is 2. The smallest absolute Gasteiger partial charge is 0.302 e. The highest BCUT2D eigenvalue weighted by Gasteiger charge is 2.39. The number of nitrogens with zero attached hydrogens (tertiary/aromatic N) is 2. The molecule has 5 rings (SSSR count). The Morgan fingerprint density at radius 3 is 2.31 bits per heavy atom. The Morgan fingerprint density at radius 2 is 1.69 bits per heavy atom. The van der Waals surface area contributed by atoms with Crippen LogP contribution in [0.1, 0.15) is 77.9 Å². The fourth-order valence-corrected chi connectivity index (χ4v) is 7.78. The Hall–Kier alpha value is -4.25. The maximum atomic E-state index is 13.8. The molecule has 3 aliphatic rings. The fraction of sp³-hybridized carbons (Fsp3) is 0.605. The molecule has 322 valence electrons. The van der Waals surface area contributed by atoms with Gasteiger partial charge in [0.1, 0.15) is 23.4 Å². The lowest BCUT2D eigenvalue weighted by Crippen LogP contribution is -2.50. The van der Waals surface area contributed by atoms with Crippen LogP contribution in [0.4, 0.5) is 5.69 Å². The fourth-order valence-electron chi connectivity index (χ4n) is 7.78. The van der Waals surface area contributed by atoms with Gasteiger partial charge in [0.15, 0.2) is 5.75 Å². The minimum atomic E-state index is -1.70. The predicted molar refractivity (Wildman–Crippen MR) is 220 cm³/mol. The van der Waals surface area contributed by atoms with Crippen molar-refractivity contribution in [2.75, 3.05) is 52.3 Å². The van der Waals surface area contributed by atoms with Crippen LogP contribution in [0.2, 0.25) is 0 Å². The molecule has 6 N–H and O–H groups in total. The van der Waals surface area contributed by atoms with Crippen LogP contribution < -0.4 is 15.5 Å². The number of ether oxygens (including phenoxy) is 4. The number of hydrogen-bond acceptors (Lipinski definition) is 14. The van der Waals surface area contributed by atoms with Gasteiger partial charge >= 0.3 is 5.97 Å². The van der Waals surface area contributed by atoms with E-state index in [9.17, 15) is 34.8 Å². The van der Waals surface area contributed by atoms with Gasteiger partial charge < -0.3 is 49.6 Å². The van der Waals surface area contributed by atoms with Gasteiger partial charge in [0, 0.05) is 87.3 Å². The third-order valence-electron chi connectivity index (χ3n) is 11.5. The summed E-state index contributed by atoms with van der Waals surface area (Å²) in [6.07, 6.45) is 1.96. The highest BCUT2D eigenvalue weighted by molar-refractivity contribution is 6.06. The standard InChI is InChI=1S/C43H64N4O11/c1-11-56-41-28(7)38(51)33-31-21-30(22-44-47-18-16-46(9)17-19-47)35(39(33)52)45-42(53)24(3)14-12-13-23(2)36(49)26(5)37(50)27(6)40(58-29(8)48)25(4)32(55-10)15-20-57-43(54)34(31)41/h12-13,15,20-21,23-27,32,37,40,43-44,50-52,54H,11,14,16-19,22H2,1-10H3,(H,45,53)/b13-12+,20-15-/t23-,24+,25-,26+,27+,32-,37-,40-,43-/m1/s1. The Balaban J connectivity index is 1.91. The number of allylic oxidation sites excluding steroid dienone is 2. The average molecular weight is 813 g/mol. The number of rotatable bonds is 7. The van der Waals surface area contributed by atoms with Gasteiger partial charge in [-0.25, -0.2) is 5.01 Å². The molecule has 2 aromatic carbocycles. The first-order valence-corrected chi connectivity index (χ1v) is 20.2. The molecule has 2 aromatic rings. The van der Waals surface area contributed by atoms with Crippen molar-refractivity contribution in [1.29, 1.82) is 0 Å². The summed E-state index contributed by atoms with van der Waals surface area (Å²) >= 11 is 0. The molecule has 0 radical (unpaired) electrons. The highest BCUT2D eigenvalue weighted by Crippen LogP contribution is 2.49. The van der Waals surface area contributed by atoms with E-state index in [1.165, 1.54) is 26.4 Å². The number of anilines is 1. The lowest BCUT2D eigenvalue weighted by atomic mass is 9.79. The molecule has 0 aliphatic carbocycles. The number of Topliss-reactive ketones (excluding diaryl/α,β-unsaturated/α-hetero) is 1. The summed E-state index contributed by atoms with van der Waals surface area (Å²) in [7, 11) is 3.51. The normalized spacial score (nSPS) is 29.8. The first kappa shape index (κ1) is 46.4. The molecule has 1 amide bonds. The molecule has 15 heteroatoms. The molecule has 0 aromatic heterocycles. The lowest BCUT2D eigenvalue weighted by Gasteiger charge is -2.36. The average Bonchev–Trinajstić information content (AvgIpc) is 3.19. The van der Waals surface area contributed by atoms with Gasteiger partial charge in [-0.1, -0.05) is 46.8 Å². The van der Waals surface area contributed by atoms with E-state index in [0.29, 0.717) is 5.56 Å². The first-order chi connectivity index (χ1) is 27.4. The molecule has 4 bridgehead atoms. The van der Waals surface area contributed by atoms with Crippen molar-refractivity contribution in [1.82, 2.24) is 15.3 Å². The molecule has 0 spiro atoms. The Kier molecular flexibility index (Phi) is 16.5. The van der Waals surface area contributed by atoms with Crippen LogP contribution >= 0.6 is 0 Å². The third kappa shape index (κ3) is 10.7. The highest BCUT2D eigenvalue weighted by atomic mass is 16.6. The Labute approximate surface area is 341 Å². The largest absolute Gasteiger partial charge is 0.507 e. The number of methoxy groups -OCH3 is 1. The van der Waals surface area contributed by atoms with E-state index in [1.54, 1.807) is 66.7 Å². The van der Waals surface area contributed by atoms with Crippen LogP contribution in [0.15, 0.2) is 30.6 Å². The van der Waals surface area contributed by atoms with Gasteiger partial charge in [0.05, 0.1) is 41.7 Å². The summed E-state index contributed by atoms with van der Waals surface area (Å²) < 4.78 is 23.4. The topological polar surface area (TPSA) is 200 Å². The molecule has 3 aliphatic heterocycles. The van der Waals surface area contributed by atoms with Crippen molar-refractivity contribution in [3.63, 3.8) is 0 Å². The first-order valence-electron chi connectivity index (χ1n) is 20.2. The molecular formula is C43H64N4O11. The van der Waals surface area contributed by atoms with Gasteiger partial charge in [0.25, 0.3) is 0 Å². The number of carbonyl (C=O) groups excluding carboxylic acids is 3. The second-order valence-electron chi connectivity index (χ2n) is 15.8. The van der Waals surface area contributed by atoms with E-state index in [4.69, 9.17) is 18.9 Å². The Bertz CT molecular complexity index is 1830. The molecule has 0 unspecified atom stereocenters. The predicted octanol–water partition coefficient (Wildman–Crippen LogP) is 4.69. The molecule has 1 fully saturated rings. The molecule has 1 saturated heterocycles. The number of aliphatic hydroxyl groups excluding tert-OH is 2. The zero-order valence-electron chi connectivity index (χ0n) is 35.6. The molecule has 15 nitrogen and oxygen atoms in total. The zero-order valence-corrected chi connectivity index (χ0v) is 35.6. The molecule has 9 atom stereocenters. The van der Waals surface area contributed by atoms with E-state index >= 15 is 0 Å². The van der Waals surface area contributed by atoms with Crippen molar-refractivity contribution in [2.45, 2.75) is 93.0 Å². The van der Waals surface area contributed by atoms with Gasteiger partial charge in [-0.3, -0.25) is 19.8 Å². The number of likely N-dealkylation sites (N-methyl/N-ethyl adjacent to an activating group) is 1. The van der Waals surface area contributed by atoms with Crippen molar-refractivity contribution in [2.24, 2.45) is 29.6 Å². The number of fused-ring (bicyclic) bond motifs is 16. The molecular weight excluding hydrogens is 748 g/mol. The second kappa shape index (κ2) is 20.6. The third-order valence-corrected chi connectivity index (χ3v) is 11.5. The van der Waals surface area contributed by atoms with Crippen LogP contribution in [0.5, 0.6) is 17.2 Å². The minimum absolute atomic E-state index is 0.0196. The van der Waals surface area contributed by atoms with Crippen LogP contribution in [0.3, 0.4) is 0 Å². The molecule has 58 heavy (non-hydrogen) atoms. The van der Waals surface area contributed by atoms with E-state index < -0.39 is 71.8 Å². The van der Waals surface area contributed by atoms with E-state index in [2.05, 4.69) is 20.7 Å². The van der Waals surface area contributed by atoms with Crippen molar-refractivity contribution >= 4 is 34.1 Å². The van der Waals surface area contributed by atoms with Crippen LogP contribution in [-0.2, 0) is 35.1 Å². The number of hydrazine groups is 1. The molecule has 3 heterocycles. The maximum absolute atomic E-state index is 13.8. The number of aromatic hydroxyl groups is 2. The van der Waals surface area contributed by atoms with Gasteiger partial charge in [-0.05, 0) is 45.0 Å². The van der Waals surface area contributed by atoms with Crippen LogP contribution in [0, 0.1) is 36.5 Å². The number of phenolic OH excluding ortho intramolecular Hbond substituents is 2. The number of benzene rings is 2. The monoisotopic (exact) mass is 812 g/mol. The minimum Gasteiger partial charge on any atom is -0.507 e. The number of phenols is 2. The van der Waals surface area contributed by atoms with E-state index in [-0.39, 0.29) is 64.4 Å². The number of ketones is 1.